The Labute approximate surface area is 88.2 Å². The standard InChI is InChI=1S/C11H12N4/c12-10-8-13-6-4-11(10)15-7-9-3-1-2-5-14-9/h1-6,8H,7,12H2,(H,13,15). The topological polar surface area (TPSA) is 63.8 Å². The number of aromatic nitrogens is 2. The van der Waals surface area contributed by atoms with Crippen LogP contribution in [0.4, 0.5) is 11.4 Å². The lowest BCUT2D eigenvalue weighted by molar-refractivity contribution is 1.04. The molecule has 0 aliphatic rings. The van der Waals surface area contributed by atoms with Crippen molar-refractivity contribution < 1.29 is 0 Å². The number of nitrogens with two attached hydrogens (primary N) is 1. The van der Waals surface area contributed by atoms with Gasteiger partial charge in [-0.25, -0.2) is 0 Å². The minimum Gasteiger partial charge on any atom is -0.396 e. The molecular weight excluding hydrogens is 188 g/mol. The largest absolute Gasteiger partial charge is 0.396 e. The Morgan fingerprint density at radius 1 is 1.20 bits per heavy atom. The third-order valence-corrected chi connectivity index (χ3v) is 2.04. The van der Waals surface area contributed by atoms with Gasteiger partial charge in [-0.05, 0) is 18.2 Å². The van der Waals surface area contributed by atoms with E-state index in [0.29, 0.717) is 12.2 Å². The number of pyridine rings is 2. The van der Waals surface area contributed by atoms with Crippen LogP contribution < -0.4 is 11.1 Å². The van der Waals surface area contributed by atoms with Crippen molar-refractivity contribution in [2.75, 3.05) is 11.1 Å². The molecule has 2 aromatic rings. The van der Waals surface area contributed by atoms with Gasteiger partial charge in [0, 0.05) is 12.4 Å². The molecule has 2 heterocycles. The molecule has 0 bridgehead atoms. The first-order chi connectivity index (χ1) is 7.36. The van der Waals surface area contributed by atoms with Crippen molar-refractivity contribution in [3.05, 3.63) is 48.5 Å². The summed E-state index contributed by atoms with van der Waals surface area (Å²) in [6, 6.07) is 7.66. The minimum absolute atomic E-state index is 0.647. The van der Waals surface area contributed by atoms with Crippen LogP contribution in [0, 0.1) is 0 Å². The molecule has 3 N–H and O–H groups in total. The Bertz CT molecular complexity index is 428. The summed E-state index contributed by atoms with van der Waals surface area (Å²) >= 11 is 0. The van der Waals surface area contributed by atoms with Crippen molar-refractivity contribution in [1.82, 2.24) is 9.97 Å². The second-order valence-corrected chi connectivity index (χ2v) is 3.14. The smallest absolute Gasteiger partial charge is 0.0736 e. The number of anilines is 2. The second kappa shape index (κ2) is 4.41. The van der Waals surface area contributed by atoms with E-state index < -0.39 is 0 Å². The zero-order valence-corrected chi connectivity index (χ0v) is 8.22. The van der Waals surface area contributed by atoms with Crippen LogP contribution in [0.15, 0.2) is 42.9 Å². The van der Waals surface area contributed by atoms with Crippen molar-refractivity contribution in [3.63, 3.8) is 0 Å². The van der Waals surface area contributed by atoms with E-state index in [1.54, 1.807) is 18.6 Å². The summed E-state index contributed by atoms with van der Waals surface area (Å²) in [6.45, 7) is 0.662. The lowest BCUT2D eigenvalue weighted by Crippen LogP contribution is -2.03. The maximum atomic E-state index is 5.74. The number of nitrogen functional groups attached to an aromatic ring is 1. The molecule has 0 aromatic carbocycles. The summed E-state index contributed by atoms with van der Waals surface area (Å²) in [5.74, 6) is 0. The summed E-state index contributed by atoms with van der Waals surface area (Å²) in [4.78, 5) is 8.12. The van der Waals surface area contributed by atoms with Crippen LogP contribution in [0.25, 0.3) is 0 Å². The van der Waals surface area contributed by atoms with E-state index in [1.165, 1.54) is 0 Å². The van der Waals surface area contributed by atoms with Crippen molar-refractivity contribution in [2.24, 2.45) is 0 Å². The van der Waals surface area contributed by atoms with E-state index >= 15 is 0 Å². The summed E-state index contributed by atoms with van der Waals surface area (Å²) in [5.41, 5.74) is 8.25. The highest BCUT2D eigenvalue weighted by Gasteiger charge is 1.97. The molecule has 0 aliphatic heterocycles. The highest BCUT2D eigenvalue weighted by atomic mass is 14.9. The first-order valence-corrected chi connectivity index (χ1v) is 4.69. The van der Waals surface area contributed by atoms with Gasteiger partial charge in [0.2, 0.25) is 0 Å². The number of nitrogens with one attached hydrogen (secondary N) is 1. The van der Waals surface area contributed by atoms with Crippen LogP contribution in [-0.4, -0.2) is 9.97 Å². The molecule has 4 heteroatoms. The fourth-order valence-electron chi connectivity index (χ4n) is 1.26. The Morgan fingerprint density at radius 2 is 2.13 bits per heavy atom. The molecule has 76 valence electrons. The van der Waals surface area contributed by atoms with Crippen molar-refractivity contribution in [1.29, 1.82) is 0 Å². The molecule has 0 amide bonds. The molecule has 0 atom stereocenters. The van der Waals surface area contributed by atoms with Gasteiger partial charge in [0.25, 0.3) is 0 Å². The second-order valence-electron chi connectivity index (χ2n) is 3.14. The van der Waals surface area contributed by atoms with Gasteiger partial charge in [-0.2, -0.15) is 0 Å². The summed E-state index contributed by atoms with van der Waals surface area (Å²) in [7, 11) is 0. The van der Waals surface area contributed by atoms with Gasteiger partial charge in [0.15, 0.2) is 0 Å². The molecule has 0 saturated heterocycles. The van der Waals surface area contributed by atoms with Gasteiger partial charge in [-0.15, -0.1) is 0 Å². The van der Waals surface area contributed by atoms with Gasteiger partial charge in [0.1, 0.15) is 0 Å². The molecule has 0 aliphatic carbocycles. The van der Waals surface area contributed by atoms with Crippen molar-refractivity contribution in [3.8, 4) is 0 Å². The van der Waals surface area contributed by atoms with Gasteiger partial charge in [-0.1, -0.05) is 6.07 Å². The maximum Gasteiger partial charge on any atom is 0.0736 e. The highest BCUT2D eigenvalue weighted by molar-refractivity contribution is 5.64. The average Bonchev–Trinajstić information content (AvgIpc) is 2.29. The lowest BCUT2D eigenvalue weighted by Gasteiger charge is -2.07. The van der Waals surface area contributed by atoms with Crippen LogP contribution in [0.5, 0.6) is 0 Å². The van der Waals surface area contributed by atoms with Gasteiger partial charge in [-0.3, -0.25) is 9.97 Å². The fourth-order valence-corrected chi connectivity index (χ4v) is 1.26. The molecule has 4 nitrogen and oxygen atoms in total. The number of hydrogen-bond donors (Lipinski definition) is 2. The molecule has 15 heavy (non-hydrogen) atoms. The van der Waals surface area contributed by atoms with Crippen molar-refractivity contribution in [2.45, 2.75) is 6.54 Å². The van der Waals surface area contributed by atoms with Gasteiger partial charge >= 0.3 is 0 Å². The quantitative estimate of drug-likeness (QED) is 0.791. The van der Waals surface area contributed by atoms with Gasteiger partial charge < -0.3 is 11.1 Å². The molecule has 0 unspecified atom stereocenters. The summed E-state index contributed by atoms with van der Waals surface area (Å²) < 4.78 is 0. The lowest BCUT2D eigenvalue weighted by atomic mass is 10.3. The van der Waals surface area contributed by atoms with E-state index in [4.69, 9.17) is 5.73 Å². The van der Waals surface area contributed by atoms with Crippen LogP contribution in [-0.2, 0) is 6.54 Å². The molecule has 2 rings (SSSR count). The molecular formula is C11H12N4. The Kier molecular flexibility index (Phi) is 2.78. The van der Waals surface area contributed by atoms with E-state index in [0.717, 1.165) is 11.4 Å². The minimum atomic E-state index is 0.647. The van der Waals surface area contributed by atoms with E-state index in [1.807, 2.05) is 24.3 Å². The Morgan fingerprint density at radius 3 is 2.87 bits per heavy atom. The molecule has 0 fully saturated rings. The fraction of sp³-hybridized carbons (Fsp3) is 0.0909. The number of nitrogens with zero attached hydrogens (tertiary/aromatic N) is 2. The average molecular weight is 200 g/mol. The Hall–Kier alpha value is -2.10. The predicted octanol–water partition coefficient (Wildman–Crippen LogP) is 1.67. The SMILES string of the molecule is Nc1cnccc1NCc1ccccn1. The zero-order valence-electron chi connectivity index (χ0n) is 8.22. The first kappa shape index (κ1) is 9.45. The maximum absolute atomic E-state index is 5.74. The predicted molar refractivity (Wildman–Crippen MR) is 60.2 cm³/mol. The monoisotopic (exact) mass is 200 g/mol. The number of rotatable bonds is 3. The van der Waals surface area contributed by atoms with E-state index in [2.05, 4.69) is 15.3 Å². The molecule has 0 saturated carbocycles. The summed E-state index contributed by atoms with van der Waals surface area (Å²) in [6.07, 6.45) is 5.10. The van der Waals surface area contributed by atoms with Crippen LogP contribution >= 0.6 is 0 Å². The first-order valence-electron chi connectivity index (χ1n) is 4.69. The third kappa shape index (κ3) is 2.43. The van der Waals surface area contributed by atoms with Crippen molar-refractivity contribution >= 4 is 11.4 Å². The van der Waals surface area contributed by atoms with E-state index in [-0.39, 0.29) is 0 Å². The third-order valence-electron chi connectivity index (χ3n) is 2.04. The Balaban J connectivity index is 2.03. The van der Waals surface area contributed by atoms with E-state index in [9.17, 15) is 0 Å². The normalized spacial score (nSPS) is 9.87. The van der Waals surface area contributed by atoms with Crippen LogP contribution in [0.2, 0.25) is 0 Å². The van der Waals surface area contributed by atoms with Crippen LogP contribution in [0.3, 0.4) is 0 Å². The van der Waals surface area contributed by atoms with Crippen LogP contribution in [0.1, 0.15) is 5.69 Å². The van der Waals surface area contributed by atoms with Gasteiger partial charge in [0.05, 0.1) is 29.8 Å². The zero-order chi connectivity index (χ0) is 10.5. The molecule has 2 aromatic heterocycles. The molecule has 0 spiro atoms. The summed E-state index contributed by atoms with van der Waals surface area (Å²) in [5, 5.41) is 3.20. The highest BCUT2D eigenvalue weighted by Crippen LogP contribution is 2.15. The molecule has 0 radical (unpaired) electrons. The number of hydrogen-bond acceptors (Lipinski definition) is 4.